The molecule has 0 atom stereocenters. The number of benzene rings is 1. The largest absolute Gasteiger partial charge is 0.351 e. The van der Waals surface area contributed by atoms with Gasteiger partial charge >= 0.3 is 0 Å². The molecule has 0 bridgehead atoms. The SMILES string of the molecule is CC(=O)Nc1ccc2cnn(-c3ccnc(NC4CCCCC4)n3)c2c1. The van der Waals surface area contributed by atoms with Crippen LogP contribution in [0.15, 0.2) is 36.7 Å². The monoisotopic (exact) mass is 350 g/mol. The van der Waals surface area contributed by atoms with E-state index in [-0.39, 0.29) is 5.91 Å². The van der Waals surface area contributed by atoms with Gasteiger partial charge in [0, 0.05) is 36.3 Å². The van der Waals surface area contributed by atoms with E-state index in [2.05, 4.69) is 25.7 Å². The summed E-state index contributed by atoms with van der Waals surface area (Å²) in [5, 5.41) is 11.7. The normalized spacial score (nSPS) is 15.1. The molecule has 0 spiro atoms. The fourth-order valence-corrected chi connectivity index (χ4v) is 3.45. The minimum Gasteiger partial charge on any atom is -0.351 e. The average molecular weight is 350 g/mol. The molecule has 134 valence electrons. The Morgan fingerprint density at radius 2 is 2.04 bits per heavy atom. The number of amides is 1. The van der Waals surface area contributed by atoms with Crippen molar-refractivity contribution in [1.82, 2.24) is 19.7 Å². The van der Waals surface area contributed by atoms with Gasteiger partial charge in [0.25, 0.3) is 0 Å². The van der Waals surface area contributed by atoms with Gasteiger partial charge in [-0.2, -0.15) is 10.1 Å². The van der Waals surface area contributed by atoms with Gasteiger partial charge in [-0.15, -0.1) is 0 Å². The molecular formula is C19H22N6O. The molecule has 3 aromatic rings. The fraction of sp³-hybridized carbons (Fsp3) is 0.368. The van der Waals surface area contributed by atoms with Crippen LogP contribution in [0.1, 0.15) is 39.0 Å². The van der Waals surface area contributed by atoms with Crippen LogP contribution >= 0.6 is 0 Å². The lowest BCUT2D eigenvalue weighted by Gasteiger charge is -2.22. The van der Waals surface area contributed by atoms with E-state index in [9.17, 15) is 4.79 Å². The van der Waals surface area contributed by atoms with Crippen molar-refractivity contribution in [2.24, 2.45) is 0 Å². The maximum Gasteiger partial charge on any atom is 0.224 e. The predicted molar refractivity (Wildman–Crippen MR) is 101 cm³/mol. The second-order valence-corrected chi connectivity index (χ2v) is 6.73. The smallest absolute Gasteiger partial charge is 0.224 e. The van der Waals surface area contributed by atoms with Crippen molar-refractivity contribution in [3.8, 4) is 5.82 Å². The van der Waals surface area contributed by atoms with E-state index in [1.165, 1.54) is 39.0 Å². The summed E-state index contributed by atoms with van der Waals surface area (Å²) in [5.74, 6) is 1.24. The first kappa shape index (κ1) is 16.5. The van der Waals surface area contributed by atoms with Gasteiger partial charge in [-0.05, 0) is 31.0 Å². The van der Waals surface area contributed by atoms with Crippen LogP contribution in [0.3, 0.4) is 0 Å². The van der Waals surface area contributed by atoms with Crippen molar-refractivity contribution in [2.45, 2.75) is 45.1 Å². The van der Waals surface area contributed by atoms with Crippen LogP contribution in [0.25, 0.3) is 16.7 Å². The molecule has 7 nitrogen and oxygen atoms in total. The Balaban J connectivity index is 1.64. The third-order valence-electron chi connectivity index (χ3n) is 4.69. The second-order valence-electron chi connectivity index (χ2n) is 6.73. The number of rotatable bonds is 4. The fourth-order valence-electron chi connectivity index (χ4n) is 3.45. The highest BCUT2D eigenvalue weighted by Crippen LogP contribution is 2.23. The molecule has 2 heterocycles. The highest BCUT2D eigenvalue weighted by atomic mass is 16.1. The third-order valence-corrected chi connectivity index (χ3v) is 4.69. The van der Waals surface area contributed by atoms with Crippen molar-refractivity contribution < 1.29 is 4.79 Å². The summed E-state index contributed by atoms with van der Waals surface area (Å²) in [6, 6.07) is 7.99. The third kappa shape index (κ3) is 3.51. The summed E-state index contributed by atoms with van der Waals surface area (Å²) in [6.07, 6.45) is 9.70. The zero-order chi connectivity index (χ0) is 17.9. The van der Waals surface area contributed by atoms with E-state index < -0.39 is 0 Å². The van der Waals surface area contributed by atoms with Crippen molar-refractivity contribution in [3.63, 3.8) is 0 Å². The molecule has 0 aliphatic heterocycles. The Kier molecular flexibility index (Phi) is 4.51. The molecule has 1 aliphatic carbocycles. The highest BCUT2D eigenvalue weighted by Gasteiger charge is 2.15. The molecule has 26 heavy (non-hydrogen) atoms. The predicted octanol–water partition coefficient (Wildman–Crippen LogP) is 3.52. The Hall–Kier alpha value is -2.96. The van der Waals surface area contributed by atoms with Crippen molar-refractivity contribution in [3.05, 3.63) is 36.7 Å². The van der Waals surface area contributed by atoms with Gasteiger partial charge in [-0.1, -0.05) is 19.3 Å². The van der Waals surface area contributed by atoms with Gasteiger partial charge < -0.3 is 10.6 Å². The standard InChI is InChI=1S/C19H22N6O/c1-13(26)22-16-8-7-14-12-21-25(17(14)11-16)18-9-10-20-19(24-18)23-15-5-3-2-4-6-15/h7-12,15H,2-6H2,1H3,(H,22,26)(H,20,23,24). The van der Waals surface area contributed by atoms with E-state index in [1.54, 1.807) is 17.1 Å². The molecule has 2 aromatic heterocycles. The number of nitrogens with one attached hydrogen (secondary N) is 2. The molecule has 7 heteroatoms. The number of hydrogen-bond acceptors (Lipinski definition) is 5. The molecule has 0 unspecified atom stereocenters. The summed E-state index contributed by atoms with van der Waals surface area (Å²) < 4.78 is 1.77. The van der Waals surface area contributed by atoms with Crippen LogP contribution < -0.4 is 10.6 Å². The molecule has 1 aliphatic rings. The Morgan fingerprint density at radius 3 is 2.85 bits per heavy atom. The Morgan fingerprint density at radius 1 is 1.19 bits per heavy atom. The van der Waals surface area contributed by atoms with Crippen LogP contribution in [0.2, 0.25) is 0 Å². The van der Waals surface area contributed by atoms with E-state index in [4.69, 9.17) is 0 Å². The molecule has 4 rings (SSSR count). The summed E-state index contributed by atoms with van der Waals surface area (Å²) in [6.45, 7) is 1.50. The first-order valence-corrected chi connectivity index (χ1v) is 9.04. The van der Waals surface area contributed by atoms with E-state index in [0.717, 1.165) is 16.6 Å². The zero-order valence-corrected chi connectivity index (χ0v) is 14.8. The number of carbonyl (C=O) groups excluding carboxylic acids is 1. The van der Waals surface area contributed by atoms with Crippen LogP contribution in [-0.4, -0.2) is 31.7 Å². The van der Waals surface area contributed by atoms with Crippen LogP contribution in [-0.2, 0) is 4.79 Å². The molecule has 2 N–H and O–H groups in total. The van der Waals surface area contributed by atoms with Gasteiger partial charge in [0.15, 0.2) is 5.82 Å². The van der Waals surface area contributed by atoms with Gasteiger partial charge in [0.1, 0.15) is 0 Å². The lowest BCUT2D eigenvalue weighted by Crippen LogP contribution is -2.23. The topological polar surface area (TPSA) is 84.7 Å². The quantitative estimate of drug-likeness (QED) is 0.752. The minimum atomic E-state index is -0.101. The summed E-state index contributed by atoms with van der Waals surface area (Å²) >= 11 is 0. The zero-order valence-electron chi connectivity index (χ0n) is 14.8. The number of hydrogen-bond donors (Lipinski definition) is 2. The number of anilines is 2. The maximum atomic E-state index is 11.3. The first-order valence-electron chi connectivity index (χ1n) is 9.04. The number of carbonyl (C=O) groups is 1. The molecule has 1 fully saturated rings. The highest BCUT2D eigenvalue weighted by molar-refractivity contribution is 5.92. The van der Waals surface area contributed by atoms with Crippen LogP contribution in [0.4, 0.5) is 11.6 Å². The summed E-state index contributed by atoms with van der Waals surface area (Å²) in [4.78, 5) is 20.3. The lowest BCUT2D eigenvalue weighted by atomic mass is 9.96. The van der Waals surface area contributed by atoms with Crippen molar-refractivity contribution in [1.29, 1.82) is 0 Å². The molecule has 0 saturated heterocycles. The van der Waals surface area contributed by atoms with Crippen LogP contribution in [0.5, 0.6) is 0 Å². The number of nitrogens with zero attached hydrogens (tertiary/aromatic N) is 4. The summed E-state index contributed by atoms with van der Waals surface area (Å²) in [5.41, 5.74) is 1.62. The maximum absolute atomic E-state index is 11.3. The first-order chi connectivity index (χ1) is 12.7. The minimum absolute atomic E-state index is 0.101. The Bertz CT molecular complexity index is 929. The van der Waals surface area contributed by atoms with Crippen LogP contribution in [0, 0.1) is 0 Å². The van der Waals surface area contributed by atoms with E-state index in [0.29, 0.717) is 17.8 Å². The number of aromatic nitrogens is 4. The molecule has 1 amide bonds. The van der Waals surface area contributed by atoms with Gasteiger partial charge in [-0.3, -0.25) is 4.79 Å². The van der Waals surface area contributed by atoms with Gasteiger partial charge in [0.2, 0.25) is 11.9 Å². The van der Waals surface area contributed by atoms with E-state index in [1.807, 2.05) is 24.3 Å². The van der Waals surface area contributed by atoms with Gasteiger partial charge in [0.05, 0.1) is 11.7 Å². The molecule has 1 aromatic carbocycles. The van der Waals surface area contributed by atoms with Gasteiger partial charge in [-0.25, -0.2) is 9.67 Å². The Labute approximate surface area is 151 Å². The lowest BCUT2D eigenvalue weighted by molar-refractivity contribution is -0.114. The average Bonchev–Trinajstić information content (AvgIpc) is 3.05. The molecule has 0 radical (unpaired) electrons. The second kappa shape index (κ2) is 7.11. The number of fused-ring (bicyclic) bond motifs is 1. The van der Waals surface area contributed by atoms with E-state index >= 15 is 0 Å². The van der Waals surface area contributed by atoms with Crippen molar-refractivity contribution >= 4 is 28.4 Å². The van der Waals surface area contributed by atoms with Crippen molar-refractivity contribution in [2.75, 3.05) is 10.6 Å². The summed E-state index contributed by atoms with van der Waals surface area (Å²) in [7, 11) is 0. The molecule has 1 saturated carbocycles. The molecular weight excluding hydrogens is 328 g/mol.